The lowest BCUT2D eigenvalue weighted by Gasteiger charge is -2.26. The van der Waals surface area contributed by atoms with Crippen molar-refractivity contribution in [2.75, 3.05) is 25.5 Å². The maximum Gasteiger partial charge on any atom is 0.213 e. The normalized spacial score (nSPS) is 16.2. The zero-order valence-corrected chi connectivity index (χ0v) is 21.5. The van der Waals surface area contributed by atoms with Gasteiger partial charge in [0.1, 0.15) is 11.6 Å². The highest BCUT2D eigenvalue weighted by molar-refractivity contribution is 6.06. The molecule has 1 aliphatic rings. The molecule has 192 valence electrons. The molecule has 5 N–H and O–H groups in total. The lowest BCUT2D eigenvalue weighted by molar-refractivity contribution is 0.397. The van der Waals surface area contributed by atoms with Crippen LogP contribution in [0.1, 0.15) is 36.5 Å². The van der Waals surface area contributed by atoms with Gasteiger partial charge in [-0.3, -0.25) is 0 Å². The van der Waals surface area contributed by atoms with E-state index in [4.69, 9.17) is 15.5 Å². The van der Waals surface area contributed by atoms with Gasteiger partial charge in [-0.2, -0.15) is 5.10 Å². The van der Waals surface area contributed by atoms with E-state index in [0.717, 1.165) is 77.1 Å². The van der Waals surface area contributed by atoms with E-state index in [2.05, 4.69) is 26.8 Å². The van der Waals surface area contributed by atoms with Gasteiger partial charge in [0.15, 0.2) is 0 Å². The van der Waals surface area contributed by atoms with Gasteiger partial charge < -0.3 is 26.2 Å². The van der Waals surface area contributed by atoms with Crippen LogP contribution in [0.15, 0.2) is 53.9 Å². The molecule has 5 rings (SSSR count). The van der Waals surface area contributed by atoms with Gasteiger partial charge in [-0.1, -0.05) is 6.92 Å². The molecule has 37 heavy (non-hydrogen) atoms. The number of aromatic hydroxyl groups is 1. The summed E-state index contributed by atoms with van der Waals surface area (Å²) in [5, 5.41) is 21.8. The van der Waals surface area contributed by atoms with Gasteiger partial charge in [0.2, 0.25) is 5.88 Å². The third-order valence-electron chi connectivity index (χ3n) is 6.85. The average Bonchev–Trinajstić information content (AvgIpc) is 3.34. The Bertz CT molecular complexity index is 1450. The highest BCUT2D eigenvalue weighted by Crippen LogP contribution is 2.32. The van der Waals surface area contributed by atoms with E-state index in [9.17, 15) is 5.11 Å². The van der Waals surface area contributed by atoms with Crippen LogP contribution in [0.25, 0.3) is 16.6 Å². The Balaban J connectivity index is 1.62. The van der Waals surface area contributed by atoms with Crippen LogP contribution < -0.4 is 21.1 Å². The number of nitrogens with two attached hydrogens (primary N) is 1. The number of rotatable bonds is 7. The van der Waals surface area contributed by atoms with Crippen molar-refractivity contribution in [1.29, 1.82) is 0 Å². The first-order valence-corrected chi connectivity index (χ1v) is 12.6. The molecule has 1 unspecified atom stereocenters. The minimum Gasteiger partial charge on any atom is -0.508 e. The van der Waals surface area contributed by atoms with Gasteiger partial charge in [0.05, 0.1) is 35.8 Å². The van der Waals surface area contributed by atoms with Gasteiger partial charge in [-0.15, -0.1) is 0 Å². The molecule has 0 saturated carbocycles. The molecule has 9 nitrogen and oxygen atoms in total. The number of nitrogens with zero attached hydrogens (tertiary/aromatic N) is 4. The summed E-state index contributed by atoms with van der Waals surface area (Å²) in [4.78, 5) is 9.16. The number of ether oxygens (including phenoxy) is 1. The Kier molecular flexibility index (Phi) is 6.96. The van der Waals surface area contributed by atoms with Crippen molar-refractivity contribution < 1.29 is 9.84 Å². The zero-order valence-electron chi connectivity index (χ0n) is 21.5. The predicted octanol–water partition coefficient (Wildman–Crippen LogP) is 4.18. The second-order valence-electron chi connectivity index (χ2n) is 9.38. The smallest absolute Gasteiger partial charge is 0.213 e. The van der Waals surface area contributed by atoms with Crippen LogP contribution in [0, 0.1) is 6.92 Å². The molecular weight excluding hydrogens is 466 g/mol. The van der Waals surface area contributed by atoms with Crippen molar-refractivity contribution >= 4 is 22.7 Å². The maximum atomic E-state index is 9.89. The second kappa shape index (κ2) is 10.5. The van der Waals surface area contributed by atoms with E-state index in [-0.39, 0.29) is 11.8 Å². The monoisotopic (exact) mass is 499 g/mol. The number of anilines is 1. The fraction of sp³-hybridized carbons (Fsp3) is 0.321. The number of benzene rings is 1. The molecule has 3 aromatic heterocycles. The summed E-state index contributed by atoms with van der Waals surface area (Å²) in [5.41, 5.74) is 13.9. The lowest BCUT2D eigenvalue weighted by atomic mass is 10.0. The van der Waals surface area contributed by atoms with Crippen molar-refractivity contribution in [2.24, 2.45) is 10.7 Å². The molecule has 1 aliphatic heterocycles. The highest BCUT2D eigenvalue weighted by atomic mass is 16.5. The minimum absolute atomic E-state index is 0.216. The predicted molar refractivity (Wildman–Crippen MR) is 147 cm³/mol. The first-order chi connectivity index (χ1) is 18.0. The molecule has 9 heteroatoms. The molecule has 0 aliphatic carbocycles. The molecule has 1 fully saturated rings. The Morgan fingerprint density at radius 2 is 2.16 bits per heavy atom. The standard InChI is InChI=1S/C28H33N7O2/c1-4-18-11-21(36)7-8-24(18)34-28(29)23-15-32-35-16-19(22-14-31-26(37-3)10-17(22)2)12-25(35)27(23)33-20-6-5-9-30-13-20/h7-8,10-12,14-16,20,30,33,36H,4-6,9,13H2,1-3H3,(H2,29,34). The third kappa shape index (κ3) is 5.08. The number of phenolic OH excluding ortho intramolecular Hbond substituents is 1. The van der Waals surface area contributed by atoms with Crippen LogP contribution in [-0.4, -0.2) is 51.8 Å². The van der Waals surface area contributed by atoms with Crippen LogP contribution in [0.2, 0.25) is 0 Å². The summed E-state index contributed by atoms with van der Waals surface area (Å²) >= 11 is 0. The SMILES string of the molecule is CCc1cc(O)ccc1/N=C(\N)c1cnn2cc(-c3cnc(OC)cc3C)cc2c1NC1CCCNC1. The van der Waals surface area contributed by atoms with Crippen molar-refractivity contribution in [3.05, 3.63) is 65.6 Å². The van der Waals surface area contributed by atoms with E-state index in [1.807, 2.05) is 36.8 Å². The van der Waals surface area contributed by atoms with Crippen LogP contribution in [0.3, 0.4) is 0 Å². The number of hydrogen-bond donors (Lipinski definition) is 4. The quantitative estimate of drug-likeness (QED) is 0.222. The highest BCUT2D eigenvalue weighted by Gasteiger charge is 2.20. The number of hydrogen-bond acceptors (Lipinski definition) is 7. The molecule has 4 heterocycles. The first kappa shape index (κ1) is 24.6. The fourth-order valence-electron chi connectivity index (χ4n) is 4.83. The van der Waals surface area contributed by atoms with Gasteiger partial charge in [-0.25, -0.2) is 14.5 Å². The van der Waals surface area contributed by atoms with Gasteiger partial charge >= 0.3 is 0 Å². The van der Waals surface area contributed by atoms with Gasteiger partial charge in [0, 0.05) is 42.2 Å². The van der Waals surface area contributed by atoms with E-state index >= 15 is 0 Å². The number of phenols is 1. The van der Waals surface area contributed by atoms with Crippen molar-refractivity contribution in [1.82, 2.24) is 19.9 Å². The Hall–Kier alpha value is -4.11. The molecule has 0 spiro atoms. The maximum absolute atomic E-state index is 9.89. The van der Waals surface area contributed by atoms with Gasteiger partial charge in [-0.05, 0) is 68.1 Å². The number of methoxy groups -OCH3 is 1. The molecular formula is C28H33N7O2. The molecule has 1 atom stereocenters. The molecule has 0 bridgehead atoms. The Labute approximate surface area is 216 Å². The van der Waals surface area contributed by atoms with Gasteiger partial charge in [0.25, 0.3) is 0 Å². The molecule has 0 radical (unpaired) electrons. The van der Waals surface area contributed by atoms with Crippen molar-refractivity contribution in [3.63, 3.8) is 0 Å². The number of fused-ring (bicyclic) bond motifs is 1. The number of amidine groups is 1. The molecule has 1 saturated heterocycles. The summed E-state index contributed by atoms with van der Waals surface area (Å²) in [6, 6.07) is 9.44. The third-order valence-corrected chi connectivity index (χ3v) is 6.85. The Morgan fingerprint density at radius 3 is 2.89 bits per heavy atom. The topological polar surface area (TPSA) is 122 Å². The number of aliphatic imine (C=N–C) groups is 1. The second-order valence-corrected chi connectivity index (χ2v) is 9.38. The zero-order chi connectivity index (χ0) is 25.9. The van der Waals surface area contributed by atoms with Crippen LogP contribution >= 0.6 is 0 Å². The number of nitrogens with one attached hydrogen (secondary N) is 2. The minimum atomic E-state index is 0.216. The van der Waals surface area contributed by atoms with E-state index < -0.39 is 0 Å². The van der Waals surface area contributed by atoms with E-state index in [1.54, 1.807) is 31.5 Å². The van der Waals surface area contributed by atoms with E-state index in [1.165, 1.54) is 0 Å². The van der Waals surface area contributed by atoms with Crippen molar-refractivity contribution in [3.8, 4) is 22.8 Å². The number of aryl methyl sites for hydroxylation is 2. The van der Waals surface area contributed by atoms with Crippen molar-refractivity contribution in [2.45, 2.75) is 39.2 Å². The van der Waals surface area contributed by atoms with Crippen LogP contribution in [0.5, 0.6) is 11.6 Å². The summed E-state index contributed by atoms with van der Waals surface area (Å²) in [7, 11) is 1.62. The summed E-state index contributed by atoms with van der Waals surface area (Å²) in [5.74, 6) is 1.17. The Morgan fingerprint density at radius 1 is 1.30 bits per heavy atom. The average molecular weight is 500 g/mol. The largest absolute Gasteiger partial charge is 0.508 e. The van der Waals surface area contributed by atoms with E-state index in [0.29, 0.717) is 11.7 Å². The molecule has 4 aromatic rings. The fourth-order valence-corrected chi connectivity index (χ4v) is 4.83. The summed E-state index contributed by atoms with van der Waals surface area (Å²) in [6.07, 6.45) is 8.49. The summed E-state index contributed by atoms with van der Waals surface area (Å²) < 4.78 is 7.14. The number of aromatic nitrogens is 3. The lowest BCUT2D eigenvalue weighted by Crippen LogP contribution is -2.39. The van der Waals surface area contributed by atoms with Crippen LogP contribution in [0.4, 0.5) is 11.4 Å². The van der Waals surface area contributed by atoms with Crippen LogP contribution in [-0.2, 0) is 6.42 Å². The molecule has 0 amide bonds. The first-order valence-electron chi connectivity index (χ1n) is 12.6. The molecule has 1 aromatic carbocycles. The summed E-state index contributed by atoms with van der Waals surface area (Å²) in [6.45, 7) is 5.97. The number of pyridine rings is 1. The number of piperidine rings is 1.